The summed E-state index contributed by atoms with van der Waals surface area (Å²) in [5.74, 6) is -0.133. The highest BCUT2D eigenvalue weighted by Crippen LogP contribution is 2.31. The van der Waals surface area contributed by atoms with E-state index < -0.39 is 0 Å². The van der Waals surface area contributed by atoms with Crippen molar-refractivity contribution in [3.05, 3.63) is 34.9 Å². The molecule has 0 saturated carbocycles. The molecule has 0 unspecified atom stereocenters. The standard InChI is InChI=1S/C17H25N5O3/c1-4-22-16(14-7-11(2)25-12(3)15(14)20-22)17(24)18-8-13-9-19-21(10-13)5-6-23/h9-12,23H,4-8H2,1-3H3,(H,18,24)/t11-,12+/m0/s1. The molecule has 8 nitrogen and oxygen atoms in total. The van der Waals surface area contributed by atoms with Crippen LogP contribution < -0.4 is 5.32 Å². The first-order valence-electron chi connectivity index (χ1n) is 8.68. The fourth-order valence-electron chi connectivity index (χ4n) is 3.27. The fraction of sp³-hybridized carbons (Fsp3) is 0.588. The molecule has 2 aromatic rings. The smallest absolute Gasteiger partial charge is 0.270 e. The number of amides is 1. The Morgan fingerprint density at radius 2 is 2.28 bits per heavy atom. The van der Waals surface area contributed by atoms with Crippen molar-refractivity contribution in [3.8, 4) is 0 Å². The van der Waals surface area contributed by atoms with Crippen LogP contribution in [0, 0.1) is 0 Å². The lowest BCUT2D eigenvalue weighted by Crippen LogP contribution is -2.28. The monoisotopic (exact) mass is 347 g/mol. The van der Waals surface area contributed by atoms with Crippen molar-refractivity contribution in [2.45, 2.75) is 59.0 Å². The van der Waals surface area contributed by atoms with Crippen LogP contribution in [0.15, 0.2) is 12.4 Å². The molecule has 1 amide bonds. The van der Waals surface area contributed by atoms with Crippen molar-refractivity contribution in [3.63, 3.8) is 0 Å². The summed E-state index contributed by atoms with van der Waals surface area (Å²) in [5.41, 5.74) is 3.37. The number of aromatic nitrogens is 4. The van der Waals surface area contributed by atoms with Crippen molar-refractivity contribution in [2.75, 3.05) is 6.61 Å². The lowest BCUT2D eigenvalue weighted by atomic mass is 9.99. The summed E-state index contributed by atoms with van der Waals surface area (Å²) >= 11 is 0. The van der Waals surface area contributed by atoms with Crippen molar-refractivity contribution in [1.82, 2.24) is 24.9 Å². The number of nitrogens with zero attached hydrogens (tertiary/aromatic N) is 4. The molecule has 8 heteroatoms. The Hall–Kier alpha value is -2.19. The molecule has 0 spiro atoms. The van der Waals surface area contributed by atoms with Crippen LogP contribution in [0.1, 0.15) is 54.2 Å². The Bertz CT molecular complexity index is 752. The van der Waals surface area contributed by atoms with E-state index in [4.69, 9.17) is 9.84 Å². The molecule has 0 radical (unpaired) electrons. The maximum absolute atomic E-state index is 12.8. The second-order valence-corrected chi connectivity index (χ2v) is 6.34. The minimum Gasteiger partial charge on any atom is -0.394 e. The van der Waals surface area contributed by atoms with Gasteiger partial charge in [-0.05, 0) is 20.8 Å². The molecule has 3 rings (SSSR count). The van der Waals surface area contributed by atoms with Crippen LogP contribution in [0.3, 0.4) is 0 Å². The first-order chi connectivity index (χ1) is 12.0. The van der Waals surface area contributed by atoms with Gasteiger partial charge in [0.1, 0.15) is 5.69 Å². The zero-order valence-corrected chi connectivity index (χ0v) is 14.9. The lowest BCUT2D eigenvalue weighted by Gasteiger charge is -2.24. The van der Waals surface area contributed by atoms with Gasteiger partial charge in [0.15, 0.2) is 0 Å². The van der Waals surface area contributed by atoms with E-state index in [9.17, 15) is 4.79 Å². The van der Waals surface area contributed by atoms with E-state index in [1.165, 1.54) is 0 Å². The Kier molecular flexibility index (Phi) is 5.19. The molecule has 2 atom stereocenters. The number of hydrogen-bond acceptors (Lipinski definition) is 5. The van der Waals surface area contributed by atoms with E-state index in [-0.39, 0.29) is 24.7 Å². The van der Waals surface area contributed by atoms with E-state index in [0.717, 1.165) is 16.8 Å². The molecular formula is C17H25N5O3. The van der Waals surface area contributed by atoms with Crippen LogP contribution in [0.25, 0.3) is 0 Å². The van der Waals surface area contributed by atoms with Crippen molar-refractivity contribution in [2.24, 2.45) is 0 Å². The number of aliphatic hydroxyl groups excluding tert-OH is 1. The summed E-state index contributed by atoms with van der Waals surface area (Å²) in [6.07, 6.45) is 4.17. The second-order valence-electron chi connectivity index (χ2n) is 6.34. The molecule has 2 aromatic heterocycles. The minimum absolute atomic E-state index is 0.0355. The highest BCUT2D eigenvalue weighted by molar-refractivity contribution is 5.94. The molecule has 0 aliphatic carbocycles. The molecule has 0 fully saturated rings. The van der Waals surface area contributed by atoms with E-state index in [2.05, 4.69) is 15.5 Å². The van der Waals surface area contributed by atoms with Gasteiger partial charge in [0.2, 0.25) is 0 Å². The van der Waals surface area contributed by atoms with Crippen LogP contribution in [0.4, 0.5) is 0 Å². The number of ether oxygens (including phenoxy) is 1. The average Bonchev–Trinajstić information content (AvgIpc) is 3.17. The number of rotatable bonds is 6. The number of fused-ring (bicyclic) bond motifs is 1. The average molecular weight is 347 g/mol. The summed E-state index contributed by atoms with van der Waals surface area (Å²) in [6, 6.07) is 0. The van der Waals surface area contributed by atoms with Gasteiger partial charge >= 0.3 is 0 Å². The normalized spacial score (nSPS) is 19.7. The topological polar surface area (TPSA) is 94.2 Å². The van der Waals surface area contributed by atoms with Crippen LogP contribution >= 0.6 is 0 Å². The number of carbonyl (C=O) groups is 1. The van der Waals surface area contributed by atoms with Gasteiger partial charge in [0, 0.05) is 36.8 Å². The molecule has 2 N–H and O–H groups in total. The molecule has 0 saturated heterocycles. The van der Waals surface area contributed by atoms with Crippen molar-refractivity contribution >= 4 is 5.91 Å². The van der Waals surface area contributed by atoms with E-state index >= 15 is 0 Å². The first kappa shape index (κ1) is 17.6. The third kappa shape index (κ3) is 3.59. The van der Waals surface area contributed by atoms with Gasteiger partial charge in [-0.25, -0.2) is 0 Å². The zero-order chi connectivity index (χ0) is 18.0. The minimum atomic E-state index is -0.133. The Labute approximate surface area is 146 Å². The predicted octanol–water partition coefficient (Wildman–Crippen LogP) is 1.04. The van der Waals surface area contributed by atoms with Gasteiger partial charge in [-0.1, -0.05) is 0 Å². The molecule has 1 aliphatic rings. The van der Waals surface area contributed by atoms with E-state index in [1.807, 2.05) is 27.0 Å². The number of nitrogens with one attached hydrogen (secondary N) is 1. The largest absolute Gasteiger partial charge is 0.394 e. The number of aryl methyl sites for hydroxylation is 1. The van der Waals surface area contributed by atoms with Gasteiger partial charge in [-0.15, -0.1) is 0 Å². The highest BCUT2D eigenvalue weighted by atomic mass is 16.5. The summed E-state index contributed by atoms with van der Waals surface area (Å²) in [4.78, 5) is 12.8. The van der Waals surface area contributed by atoms with Gasteiger partial charge in [0.25, 0.3) is 5.91 Å². The quantitative estimate of drug-likeness (QED) is 0.814. The Balaban J connectivity index is 1.77. The van der Waals surface area contributed by atoms with Crippen molar-refractivity contribution < 1.29 is 14.6 Å². The molecule has 0 bridgehead atoms. The summed E-state index contributed by atoms with van der Waals surface area (Å²) < 4.78 is 9.23. The maximum Gasteiger partial charge on any atom is 0.270 e. The summed E-state index contributed by atoms with van der Waals surface area (Å²) in [7, 11) is 0. The van der Waals surface area contributed by atoms with Gasteiger partial charge < -0.3 is 15.2 Å². The predicted molar refractivity (Wildman–Crippen MR) is 91.1 cm³/mol. The van der Waals surface area contributed by atoms with Crippen LogP contribution in [-0.4, -0.2) is 43.3 Å². The van der Waals surface area contributed by atoms with E-state index in [0.29, 0.717) is 31.7 Å². The summed E-state index contributed by atoms with van der Waals surface area (Å²) in [6.45, 7) is 7.45. The third-order valence-corrected chi connectivity index (χ3v) is 4.38. The lowest BCUT2D eigenvalue weighted by molar-refractivity contribution is -0.00712. The first-order valence-corrected chi connectivity index (χ1v) is 8.68. The maximum atomic E-state index is 12.8. The highest BCUT2D eigenvalue weighted by Gasteiger charge is 2.31. The SMILES string of the molecule is CCn1nc2c(c1C(=O)NCc1cnn(CCO)c1)C[C@H](C)O[C@@H]2C. The number of aliphatic hydroxyl groups is 1. The van der Waals surface area contributed by atoms with Crippen LogP contribution in [0.5, 0.6) is 0 Å². The second kappa shape index (κ2) is 7.37. The van der Waals surface area contributed by atoms with E-state index in [1.54, 1.807) is 15.6 Å². The van der Waals surface area contributed by atoms with Gasteiger partial charge in [-0.3, -0.25) is 14.2 Å². The molecule has 0 aromatic carbocycles. The number of carbonyl (C=O) groups excluding carboxylic acids is 1. The molecular weight excluding hydrogens is 322 g/mol. The zero-order valence-electron chi connectivity index (χ0n) is 14.9. The molecule has 1 aliphatic heterocycles. The van der Waals surface area contributed by atoms with Crippen molar-refractivity contribution in [1.29, 1.82) is 0 Å². The van der Waals surface area contributed by atoms with Gasteiger partial charge in [-0.2, -0.15) is 10.2 Å². The summed E-state index contributed by atoms with van der Waals surface area (Å²) in [5, 5.41) is 20.6. The third-order valence-electron chi connectivity index (χ3n) is 4.38. The van der Waals surface area contributed by atoms with Gasteiger partial charge in [0.05, 0.1) is 37.3 Å². The Morgan fingerprint density at radius 1 is 1.48 bits per heavy atom. The molecule has 3 heterocycles. The number of hydrogen-bond donors (Lipinski definition) is 2. The molecule has 136 valence electrons. The van der Waals surface area contributed by atoms with Crippen LogP contribution in [0.2, 0.25) is 0 Å². The Morgan fingerprint density at radius 3 is 3.00 bits per heavy atom. The molecule has 25 heavy (non-hydrogen) atoms. The fourth-order valence-corrected chi connectivity index (χ4v) is 3.27. The van der Waals surface area contributed by atoms with Crippen LogP contribution in [-0.2, 0) is 30.8 Å².